The van der Waals surface area contributed by atoms with Gasteiger partial charge >= 0.3 is 0 Å². The lowest BCUT2D eigenvalue weighted by atomic mass is 9.95. The molecule has 1 unspecified atom stereocenters. The molecule has 4 heterocycles. The van der Waals surface area contributed by atoms with Crippen molar-refractivity contribution < 1.29 is 24.4 Å². The molecule has 2 N–H and O–H groups in total. The van der Waals surface area contributed by atoms with Crippen LogP contribution >= 0.6 is 23.2 Å². The largest absolute Gasteiger partial charge is 0.392 e. The highest BCUT2D eigenvalue weighted by Crippen LogP contribution is 2.47. The summed E-state index contributed by atoms with van der Waals surface area (Å²) in [5.41, 5.74) is 1.63. The maximum Gasteiger partial charge on any atom is 0.164 e. The van der Waals surface area contributed by atoms with Crippen LogP contribution in [0.25, 0.3) is 11.0 Å². The molecule has 0 spiro atoms. The first-order chi connectivity index (χ1) is 14.8. The van der Waals surface area contributed by atoms with Crippen LogP contribution in [-0.2, 0) is 20.8 Å². The van der Waals surface area contributed by atoms with Crippen molar-refractivity contribution in [2.45, 2.75) is 56.9 Å². The molecular weight excluding hydrogens is 445 g/mol. The van der Waals surface area contributed by atoms with Crippen LogP contribution in [0.4, 0.5) is 0 Å². The molecule has 2 fully saturated rings. The highest BCUT2D eigenvalue weighted by molar-refractivity contribution is 6.33. The molecule has 164 valence electrons. The van der Waals surface area contributed by atoms with Crippen molar-refractivity contribution >= 4 is 34.2 Å². The van der Waals surface area contributed by atoms with Gasteiger partial charge in [0.2, 0.25) is 0 Å². The molecular formula is C21H21Cl2N3O5. The molecule has 0 amide bonds. The van der Waals surface area contributed by atoms with E-state index in [0.29, 0.717) is 32.3 Å². The summed E-state index contributed by atoms with van der Waals surface area (Å²) in [7, 11) is 0. The van der Waals surface area contributed by atoms with Crippen LogP contribution in [0.15, 0.2) is 36.8 Å². The Hall–Kier alpha value is -1.78. The fourth-order valence-electron chi connectivity index (χ4n) is 4.41. The third-order valence-electron chi connectivity index (χ3n) is 5.70. The Labute approximate surface area is 188 Å². The van der Waals surface area contributed by atoms with Gasteiger partial charge in [-0.3, -0.25) is 0 Å². The first-order valence-corrected chi connectivity index (χ1v) is 10.6. The number of halogens is 2. The quantitative estimate of drug-likeness (QED) is 0.569. The maximum atomic E-state index is 11.2. The lowest BCUT2D eigenvalue weighted by Crippen LogP contribution is -2.34. The van der Waals surface area contributed by atoms with Gasteiger partial charge in [-0.1, -0.05) is 29.3 Å². The van der Waals surface area contributed by atoms with E-state index in [0.717, 1.165) is 0 Å². The minimum Gasteiger partial charge on any atom is -0.392 e. The first kappa shape index (κ1) is 21.1. The summed E-state index contributed by atoms with van der Waals surface area (Å²) < 4.78 is 20.4. The van der Waals surface area contributed by atoms with Crippen molar-refractivity contribution in [3.05, 3.63) is 58.1 Å². The zero-order chi connectivity index (χ0) is 21.9. The summed E-state index contributed by atoms with van der Waals surface area (Å²) in [6.45, 7) is 3.37. The highest BCUT2D eigenvalue weighted by Gasteiger charge is 2.58. The molecule has 2 aromatic heterocycles. The standard InChI is InChI=1S/C21H21Cl2N3O5/c1-21(2)30-16-15(14(28)12-4-3-11(22)7-10(12)8-27)29-20(17(16)31-21)26-6-5-13-18(23)24-9-25-19(13)26/h3-7,9,14-17,20,27-28H,8H2,1-2H3/t14?,15-,16-,17-,20-/m1/s1. The lowest BCUT2D eigenvalue weighted by Gasteiger charge is -2.28. The summed E-state index contributed by atoms with van der Waals surface area (Å²) >= 11 is 12.3. The molecule has 2 aliphatic heterocycles. The van der Waals surface area contributed by atoms with Crippen molar-refractivity contribution in [1.29, 1.82) is 0 Å². The van der Waals surface area contributed by atoms with Gasteiger partial charge in [0, 0.05) is 11.2 Å². The van der Waals surface area contributed by atoms with Gasteiger partial charge in [0.25, 0.3) is 0 Å². The van der Waals surface area contributed by atoms with Crippen LogP contribution < -0.4 is 0 Å². The van der Waals surface area contributed by atoms with Crippen molar-refractivity contribution in [3.63, 3.8) is 0 Å². The zero-order valence-electron chi connectivity index (χ0n) is 16.8. The summed E-state index contributed by atoms with van der Waals surface area (Å²) in [6.07, 6.45) is -0.294. The fraction of sp³-hybridized carbons (Fsp3) is 0.429. The SMILES string of the molecule is CC1(C)O[C@@H]2[C@H](O1)[C@@H](C(O)c1ccc(Cl)cc1CO)O[C@H]2n1ccc2c(Cl)ncnc21. The number of rotatable bonds is 4. The van der Waals surface area contributed by atoms with Gasteiger partial charge in [0.15, 0.2) is 12.0 Å². The van der Waals surface area contributed by atoms with Gasteiger partial charge in [-0.05, 0) is 43.2 Å². The van der Waals surface area contributed by atoms with E-state index in [1.54, 1.807) is 24.4 Å². The molecule has 0 radical (unpaired) electrons. The Kier molecular flexibility index (Phi) is 5.22. The van der Waals surface area contributed by atoms with Crippen LogP contribution in [0.2, 0.25) is 10.2 Å². The van der Waals surface area contributed by atoms with Crippen molar-refractivity contribution in [1.82, 2.24) is 14.5 Å². The molecule has 3 aromatic rings. The average Bonchev–Trinajstić information content (AvgIpc) is 3.38. The molecule has 0 bridgehead atoms. The Morgan fingerprint density at radius 1 is 1.16 bits per heavy atom. The van der Waals surface area contributed by atoms with E-state index in [1.807, 2.05) is 24.5 Å². The number of hydrogen-bond donors (Lipinski definition) is 2. The summed E-state index contributed by atoms with van der Waals surface area (Å²) in [4.78, 5) is 8.36. The molecule has 2 saturated heterocycles. The molecule has 8 nitrogen and oxygen atoms in total. The third-order valence-corrected chi connectivity index (χ3v) is 6.24. The minimum absolute atomic E-state index is 0.266. The number of aliphatic hydroxyl groups is 2. The molecule has 5 atom stereocenters. The number of fused-ring (bicyclic) bond motifs is 2. The molecule has 10 heteroatoms. The Bertz CT molecular complexity index is 1140. The van der Waals surface area contributed by atoms with Crippen LogP contribution in [0.1, 0.15) is 37.3 Å². The second-order valence-electron chi connectivity index (χ2n) is 8.13. The van der Waals surface area contributed by atoms with Gasteiger partial charge in [-0.15, -0.1) is 0 Å². The van der Waals surface area contributed by atoms with E-state index in [-0.39, 0.29) is 6.61 Å². The van der Waals surface area contributed by atoms with Gasteiger partial charge in [-0.2, -0.15) is 0 Å². The number of aliphatic hydroxyl groups excluding tert-OH is 2. The summed E-state index contributed by atoms with van der Waals surface area (Å²) in [5.74, 6) is -0.856. The Balaban J connectivity index is 1.55. The molecule has 1 aromatic carbocycles. The minimum atomic E-state index is -1.07. The average molecular weight is 466 g/mol. The van der Waals surface area contributed by atoms with Gasteiger partial charge in [0.1, 0.15) is 41.5 Å². The fourth-order valence-corrected chi connectivity index (χ4v) is 4.79. The number of nitrogens with zero attached hydrogens (tertiary/aromatic N) is 3. The predicted octanol–water partition coefficient (Wildman–Crippen LogP) is 3.38. The molecule has 0 saturated carbocycles. The first-order valence-electron chi connectivity index (χ1n) is 9.84. The summed E-state index contributed by atoms with van der Waals surface area (Å²) in [6, 6.07) is 6.78. The second kappa shape index (κ2) is 7.67. The summed E-state index contributed by atoms with van der Waals surface area (Å²) in [5, 5.41) is 22.5. The molecule has 5 rings (SSSR count). The molecule has 0 aliphatic carbocycles. The predicted molar refractivity (Wildman–Crippen MR) is 113 cm³/mol. The zero-order valence-corrected chi connectivity index (χ0v) is 18.3. The molecule has 31 heavy (non-hydrogen) atoms. The van der Waals surface area contributed by atoms with Crippen LogP contribution in [0.5, 0.6) is 0 Å². The topological polar surface area (TPSA) is 98.9 Å². The van der Waals surface area contributed by atoms with Crippen LogP contribution in [0, 0.1) is 0 Å². The highest BCUT2D eigenvalue weighted by atomic mass is 35.5. The number of aromatic nitrogens is 3. The lowest BCUT2D eigenvalue weighted by molar-refractivity contribution is -0.207. The number of hydrogen-bond acceptors (Lipinski definition) is 7. The van der Waals surface area contributed by atoms with E-state index in [4.69, 9.17) is 37.4 Å². The van der Waals surface area contributed by atoms with E-state index in [2.05, 4.69) is 9.97 Å². The van der Waals surface area contributed by atoms with Gasteiger partial charge in [-0.25, -0.2) is 9.97 Å². The van der Waals surface area contributed by atoms with Crippen molar-refractivity contribution in [2.24, 2.45) is 0 Å². The van der Waals surface area contributed by atoms with Crippen molar-refractivity contribution in [3.8, 4) is 0 Å². The number of benzene rings is 1. The molecule has 2 aliphatic rings. The third kappa shape index (κ3) is 3.52. The van der Waals surface area contributed by atoms with Gasteiger partial charge in [0.05, 0.1) is 12.0 Å². The second-order valence-corrected chi connectivity index (χ2v) is 8.92. The smallest absolute Gasteiger partial charge is 0.164 e. The van der Waals surface area contributed by atoms with Crippen LogP contribution in [-0.4, -0.2) is 48.8 Å². The van der Waals surface area contributed by atoms with E-state index < -0.39 is 36.4 Å². The van der Waals surface area contributed by atoms with Crippen molar-refractivity contribution in [2.75, 3.05) is 0 Å². The van der Waals surface area contributed by atoms with Gasteiger partial charge < -0.3 is 29.0 Å². The van der Waals surface area contributed by atoms with E-state index >= 15 is 0 Å². The maximum absolute atomic E-state index is 11.2. The Morgan fingerprint density at radius 3 is 2.71 bits per heavy atom. The monoisotopic (exact) mass is 465 g/mol. The normalized spacial score (nSPS) is 28.2. The van der Waals surface area contributed by atoms with E-state index in [9.17, 15) is 10.2 Å². The number of ether oxygens (including phenoxy) is 3. The van der Waals surface area contributed by atoms with E-state index in [1.165, 1.54) is 6.33 Å². The Morgan fingerprint density at radius 2 is 1.94 bits per heavy atom. The van der Waals surface area contributed by atoms with Crippen LogP contribution in [0.3, 0.4) is 0 Å².